The standard InChI is InChI=1S/C14H18N2O/c17-10-14(6-3-7-14)9-16-13-8-15-12-5-2-1-4-11(12)13/h1-2,4-5,8,15-17H,3,6-7,9-10H2. The van der Waals surface area contributed by atoms with E-state index in [0.717, 1.165) is 30.6 Å². The van der Waals surface area contributed by atoms with Crippen molar-refractivity contribution in [2.24, 2.45) is 5.41 Å². The molecule has 3 nitrogen and oxygen atoms in total. The van der Waals surface area contributed by atoms with Crippen LogP contribution < -0.4 is 5.32 Å². The topological polar surface area (TPSA) is 48.0 Å². The van der Waals surface area contributed by atoms with Crippen molar-refractivity contribution in [1.29, 1.82) is 0 Å². The minimum atomic E-state index is 0.123. The maximum atomic E-state index is 9.43. The number of fused-ring (bicyclic) bond motifs is 1. The number of hydrogen-bond donors (Lipinski definition) is 3. The minimum absolute atomic E-state index is 0.123. The van der Waals surface area contributed by atoms with E-state index in [-0.39, 0.29) is 5.41 Å². The molecule has 3 heteroatoms. The Morgan fingerprint density at radius 3 is 2.82 bits per heavy atom. The molecule has 0 unspecified atom stereocenters. The number of aliphatic hydroxyl groups is 1. The average Bonchev–Trinajstić information content (AvgIpc) is 2.72. The predicted molar refractivity (Wildman–Crippen MR) is 70.2 cm³/mol. The summed E-state index contributed by atoms with van der Waals surface area (Å²) in [5.41, 5.74) is 2.42. The smallest absolute Gasteiger partial charge is 0.0598 e. The fourth-order valence-corrected chi connectivity index (χ4v) is 2.57. The van der Waals surface area contributed by atoms with Crippen molar-refractivity contribution in [3.8, 4) is 0 Å². The van der Waals surface area contributed by atoms with Crippen LogP contribution >= 0.6 is 0 Å². The third kappa shape index (κ3) is 1.80. The number of aromatic amines is 1. The van der Waals surface area contributed by atoms with Crippen LogP contribution in [-0.2, 0) is 0 Å². The summed E-state index contributed by atoms with van der Waals surface area (Å²) in [6.07, 6.45) is 5.53. The SMILES string of the molecule is OCC1(CNc2c[nH]c3ccccc23)CCC1. The molecular weight excluding hydrogens is 212 g/mol. The largest absolute Gasteiger partial charge is 0.396 e. The van der Waals surface area contributed by atoms with Gasteiger partial charge in [-0.2, -0.15) is 0 Å². The number of benzene rings is 1. The van der Waals surface area contributed by atoms with Gasteiger partial charge in [-0.25, -0.2) is 0 Å². The zero-order valence-corrected chi connectivity index (χ0v) is 9.87. The molecule has 0 atom stereocenters. The zero-order valence-electron chi connectivity index (χ0n) is 9.87. The van der Waals surface area contributed by atoms with E-state index >= 15 is 0 Å². The van der Waals surface area contributed by atoms with Gasteiger partial charge in [0, 0.05) is 29.1 Å². The molecule has 0 bridgehead atoms. The normalized spacial score (nSPS) is 17.9. The molecule has 0 aliphatic heterocycles. The Hall–Kier alpha value is -1.48. The number of aromatic nitrogens is 1. The predicted octanol–water partition coefficient (Wildman–Crippen LogP) is 2.74. The number of para-hydroxylation sites is 1. The van der Waals surface area contributed by atoms with Crippen molar-refractivity contribution in [2.45, 2.75) is 19.3 Å². The Labute approximate surface area is 101 Å². The third-order valence-electron chi connectivity index (χ3n) is 3.99. The maximum Gasteiger partial charge on any atom is 0.0598 e. The summed E-state index contributed by atoms with van der Waals surface area (Å²) in [5.74, 6) is 0. The molecule has 1 saturated carbocycles. The van der Waals surface area contributed by atoms with E-state index in [2.05, 4.69) is 22.4 Å². The number of nitrogens with one attached hydrogen (secondary N) is 2. The first-order chi connectivity index (χ1) is 8.33. The third-order valence-corrected chi connectivity index (χ3v) is 3.99. The molecule has 90 valence electrons. The van der Waals surface area contributed by atoms with Gasteiger partial charge in [0.15, 0.2) is 0 Å². The van der Waals surface area contributed by atoms with Crippen molar-refractivity contribution in [2.75, 3.05) is 18.5 Å². The molecule has 0 saturated heterocycles. The summed E-state index contributed by atoms with van der Waals surface area (Å²) in [5, 5.41) is 14.1. The summed E-state index contributed by atoms with van der Waals surface area (Å²) < 4.78 is 0. The summed E-state index contributed by atoms with van der Waals surface area (Å²) in [6, 6.07) is 8.27. The van der Waals surface area contributed by atoms with Crippen LogP contribution in [0.25, 0.3) is 10.9 Å². The molecule has 1 aromatic heterocycles. The second kappa shape index (κ2) is 4.08. The van der Waals surface area contributed by atoms with Gasteiger partial charge in [0.25, 0.3) is 0 Å². The molecule has 3 rings (SSSR count). The molecule has 1 heterocycles. The monoisotopic (exact) mass is 230 g/mol. The van der Waals surface area contributed by atoms with Gasteiger partial charge in [-0.3, -0.25) is 0 Å². The zero-order chi connectivity index (χ0) is 11.7. The molecule has 1 aliphatic rings. The van der Waals surface area contributed by atoms with Crippen molar-refractivity contribution in [1.82, 2.24) is 4.98 Å². The molecular formula is C14H18N2O. The van der Waals surface area contributed by atoms with Crippen LogP contribution in [0.5, 0.6) is 0 Å². The highest BCUT2D eigenvalue weighted by atomic mass is 16.3. The molecule has 1 aromatic carbocycles. The van der Waals surface area contributed by atoms with Gasteiger partial charge in [-0.05, 0) is 18.9 Å². The molecule has 17 heavy (non-hydrogen) atoms. The Bertz CT molecular complexity index is 508. The average molecular weight is 230 g/mol. The Balaban J connectivity index is 1.77. The fourth-order valence-electron chi connectivity index (χ4n) is 2.57. The second-order valence-electron chi connectivity index (χ2n) is 5.11. The van der Waals surface area contributed by atoms with E-state index in [1.165, 1.54) is 11.8 Å². The van der Waals surface area contributed by atoms with Gasteiger partial charge in [-0.15, -0.1) is 0 Å². The van der Waals surface area contributed by atoms with Crippen LogP contribution in [0.4, 0.5) is 5.69 Å². The fraction of sp³-hybridized carbons (Fsp3) is 0.429. The number of hydrogen-bond acceptors (Lipinski definition) is 2. The minimum Gasteiger partial charge on any atom is -0.396 e. The van der Waals surface area contributed by atoms with Gasteiger partial charge in [0.05, 0.1) is 12.3 Å². The number of aliphatic hydroxyl groups excluding tert-OH is 1. The lowest BCUT2D eigenvalue weighted by atomic mass is 9.69. The Kier molecular flexibility index (Phi) is 2.56. The molecule has 1 aliphatic carbocycles. The summed E-state index contributed by atoms with van der Waals surface area (Å²) in [6.45, 7) is 1.16. The van der Waals surface area contributed by atoms with Gasteiger partial charge >= 0.3 is 0 Å². The van der Waals surface area contributed by atoms with Gasteiger partial charge in [-0.1, -0.05) is 24.6 Å². The molecule has 3 N–H and O–H groups in total. The summed E-state index contributed by atoms with van der Waals surface area (Å²) in [4.78, 5) is 3.25. The molecule has 2 aromatic rings. The highest BCUT2D eigenvalue weighted by molar-refractivity contribution is 5.92. The van der Waals surface area contributed by atoms with Crippen molar-refractivity contribution in [3.05, 3.63) is 30.5 Å². The van der Waals surface area contributed by atoms with Gasteiger partial charge in [0.2, 0.25) is 0 Å². The number of H-pyrrole nitrogens is 1. The van der Waals surface area contributed by atoms with Gasteiger partial charge < -0.3 is 15.4 Å². The van der Waals surface area contributed by atoms with E-state index in [9.17, 15) is 5.11 Å². The van der Waals surface area contributed by atoms with Crippen LogP contribution in [0.1, 0.15) is 19.3 Å². The Morgan fingerprint density at radius 2 is 2.12 bits per heavy atom. The van der Waals surface area contributed by atoms with Crippen LogP contribution in [0.15, 0.2) is 30.5 Å². The lowest BCUT2D eigenvalue weighted by Gasteiger charge is -2.40. The molecule has 1 fully saturated rings. The first-order valence-electron chi connectivity index (χ1n) is 6.24. The highest BCUT2D eigenvalue weighted by Gasteiger charge is 2.36. The van der Waals surface area contributed by atoms with Crippen LogP contribution in [0.2, 0.25) is 0 Å². The summed E-state index contributed by atoms with van der Waals surface area (Å²) in [7, 11) is 0. The number of anilines is 1. The van der Waals surface area contributed by atoms with Crippen molar-refractivity contribution in [3.63, 3.8) is 0 Å². The first-order valence-corrected chi connectivity index (χ1v) is 6.24. The van der Waals surface area contributed by atoms with Crippen molar-refractivity contribution < 1.29 is 5.11 Å². The maximum absolute atomic E-state index is 9.43. The quantitative estimate of drug-likeness (QED) is 0.756. The first kappa shape index (κ1) is 10.7. The van der Waals surface area contributed by atoms with E-state index < -0.39 is 0 Å². The number of rotatable bonds is 4. The van der Waals surface area contributed by atoms with E-state index in [1.54, 1.807) is 0 Å². The highest BCUT2D eigenvalue weighted by Crippen LogP contribution is 2.40. The Morgan fingerprint density at radius 1 is 1.29 bits per heavy atom. The van der Waals surface area contributed by atoms with Crippen molar-refractivity contribution >= 4 is 16.6 Å². The molecule has 0 radical (unpaired) electrons. The molecule has 0 amide bonds. The van der Waals surface area contributed by atoms with Crippen LogP contribution in [0.3, 0.4) is 0 Å². The summed E-state index contributed by atoms with van der Waals surface area (Å²) >= 11 is 0. The van der Waals surface area contributed by atoms with E-state index in [4.69, 9.17) is 0 Å². The van der Waals surface area contributed by atoms with Crippen LogP contribution in [-0.4, -0.2) is 23.2 Å². The van der Waals surface area contributed by atoms with Gasteiger partial charge in [0.1, 0.15) is 0 Å². The van der Waals surface area contributed by atoms with Crippen LogP contribution in [0, 0.1) is 5.41 Å². The lowest BCUT2D eigenvalue weighted by Crippen LogP contribution is -2.39. The molecule has 0 spiro atoms. The van der Waals surface area contributed by atoms with E-state index in [0.29, 0.717) is 6.61 Å². The lowest BCUT2D eigenvalue weighted by molar-refractivity contribution is 0.0577. The second-order valence-corrected chi connectivity index (χ2v) is 5.11. The van der Waals surface area contributed by atoms with E-state index in [1.807, 2.05) is 18.3 Å².